The Labute approximate surface area is 246 Å². The number of nitrogens with one attached hydrogen (secondary N) is 4. The van der Waals surface area contributed by atoms with Crippen molar-refractivity contribution in [2.75, 3.05) is 0 Å². The lowest BCUT2D eigenvalue weighted by Gasteiger charge is -2.25. The van der Waals surface area contributed by atoms with Crippen LogP contribution in [0, 0.1) is 0 Å². The van der Waals surface area contributed by atoms with Crippen LogP contribution < -0.4 is 21.7 Å². The lowest BCUT2D eigenvalue weighted by atomic mass is 10.0. The van der Waals surface area contributed by atoms with Gasteiger partial charge in [0, 0.05) is 29.9 Å². The number of nitrogens with two attached hydrogens (primary N) is 1. The molecule has 3 amide bonds. The van der Waals surface area contributed by atoms with E-state index in [1.807, 2.05) is 0 Å². The third-order valence-corrected chi connectivity index (χ3v) is 6.79. The van der Waals surface area contributed by atoms with Gasteiger partial charge in [-0.1, -0.05) is 30.3 Å². The molecule has 3 rings (SSSR count). The number of aromatic nitrogens is 1. The van der Waals surface area contributed by atoms with E-state index in [1.165, 1.54) is 19.1 Å². The number of amides is 3. The molecular weight excluding hydrogens is 562 g/mol. The van der Waals surface area contributed by atoms with Gasteiger partial charge >= 0.3 is 11.9 Å². The van der Waals surface area contributed by atoms with Crippen LogP contribution in [0.3, 0.4) is 0 Å². The second kappa shape index (κ2) is 14.8. The molecule has 0 spiro atoms. The molecule has 10 N–H and O–H groups in total. The van der Waals surface area contributed by atoms with Gasteiger partial charge < -0.3 is 47.1 Å². The highest BCUT2D eigenvalue weighted by molar-refractivity contribution is 5.95. The number of benzene rings is 2. The maximum Gasteiger partial charge on any atom is 0.328 e. The molecule has 0 fully saturated rings. The molecule has 5 unspecified atom stereocenters. The summed E-state index contributed by atoms with van der Waals surface area (Å²) in [6.07, 6.45) is -0.690. The number of para-hydroxylation sites is 1. The summed E-state index contributed by atoms with van der Waals surface area (Å²) in [5.74, 6) is -5.25. The number of aliphatic carboxylic acids is 2. The Bertz CT molecular complexity index is 1450. The standard InChI is InChI=1S/C29H35N5O9/c1-15(35)25(29(42)43)34-28(41)23(13-17-14-31-21-5-3-2-4-19(17)21)33-27(40)22(10-11-24(37)38)32-26(39)20(30)12-16-6-8-18(36)9-7-16/h2-9,14-15,20,22-23,25,31,35-36H,10-13,30H2,1H3,(H,32,39)(H,33,40)(H,34,41)(H,37,38)(H,42,43). The number of aromatic hydroxyl groups is 1. The smallest absolute Gasteiger partial charge is 0.328 e. The van der Waals surface area contributed by atoms with Gasteiger partial charge in [-0.05, 0) is 49.1 Å². The molecule has 2 aromatic carbocycles. The highest BCUT2D eigenvalue weighted by Gasteiger charge is 2.32. The van der Waals surface area contributed by atoms with Crippen molar-refractivity contribution in [1.82, 2.24) is 20.9 Å². The topological polar surface area (TPSA) is 244 Å². The number of aromatic amines is 1. The fourth-order valence-corrected chi connectivity index (χ4v) is 4.44. The Morgan fingerprint density at radius 2 is 1.49 bits per heavy atom. The number of phenolic OH excluding ortho intramolecular Hbond substituents is 1. The van der Waals surface area contributed by atoms with E-state index in [0.29, 0.717) is 11.1 Å². The zero-order valence-electron chi connectivity index (χ0n) is 23.3. The molecule has 230 valence electrons. The second-order valence-electron chi connectivity index (χ2n) is 10.2. The molecule has 0 saturated heterocycles. The van der Waals surface area contributed by atoms with Gasteiger partial charge in [0.05, 0.1) is 12.1 Å². The fraction of sp³-hybridized carbons (Fsp3) is 0.345. The highest BCUT2D eigenvalue weighted by atomic mass is 16.4. The molecule has 5 atom stereocenters. The molecule has 3 aromatic rings. The second-order valence-corrected chi connectivity index (χ2v) is 10.2. The molecular formula is C29H35N5O9. The maximum absolute atomic E-state index is 13.4. The van der Waals surface area contributed by atoms with E-state index >= 15 is 0 Å². The van der Waals surface area contributed by atoms with Gasteiger partial charge in [-0.3, -0.25) is 19.2 Å². The number of hydrogen-bond donors (Lipinski definition) is 9. The van der Waals surface area contributed by atoms with E-state index in [-0.39, 0.29) is 25.0 Å². The third kappa shape index (κ3) is 9.28. The van der Waals surface area contributed by atoms with Gasteiger partial charge in [0.15, 0.2) is 6.04 Å². The van der Waals surface area contributed by atoms with Crippen LogP contribution in [0.2, 0.25) is 0 Å². The molecule has 14 heteroatoms. The van der Waals surface area contributed by atoms with Gasteiger partial charge in [0.1, 0.15) is 17.8 Å². The Balaban J connectivity index is 1.83. The van der Waals surface area contributed by atoms with E-state index in [0.717, 1.165) is 10.9 Å². The van der Waals surface area contributed by atoms with E-state index in [2.05, 4.69) is 20.9 Å². The quantitative estimate of drug-likeness (QED) is 0.111. The summed E-state index contributed by atoms with van der Waals surface area (Å²) in [7, 11) is 0. The van der Waals surface area contributed by atoms with Crippen LogP contribution in [0.25, 0.3) is 10.9 Å². The number of fused-ring (bicyclic) bond motifs is 1. The van der Waals surface area contributed by atoms with Crippen LogP contribution in [0.5, 0.6) is 5.75 Å². The first kappa shape index (κ1) is 32.6. The van der Waals surface area contributed by atoms with Gasteiger partial charge in [-0.2, -0.15) is 0 Å². The van der Waals surface area contributed by atoms with E-state index in [1.54, 1.807) is 42.6 Å². The van der Waals surface area contributed by atoms with E-state index in [4.69, 9.17) is 5.73 Å². The predicted octanol–water partition coefficient (Wildman–Crippen LogP) is -0.229. The number of H-pyrrole nitrogens is 1. The Kier molecular flexibility index (Phi) is 11.2. The molecule has 14 nitrogen and oxygen atoms in total. The number of phenols is 1. The molecule has 0 aliphatic rings. The number of carbonyl (C=O) groups is 5. The van der Waals surface area contributed by atoms with E-state index in [9.17, 15) is 44.4 Å². The van der Waals surface area contributed by atoms with Crippen molar-refractivity contribution in [3.63, 3.8) is 0 Å². The number of rotatable bonds is 15. The largest absolute Gasteiger partial charge is 0.508 e. The average molecular weight is 598 g/mol. The van der Waals surface area contributed by atoms with Gasteiger partial charge in [-0.15, -0.1) is 0 Å². The van der Waals surface area contributed by atoms with Crippen molar-refractivity contribution in [3.05, 3.63) is 65.9 Å². The maximum atomic E-state index is 13.4. The zero-order valence-corrected chi connectivity index (χ0v) is 23.3. The molecule has 1 heterocycles. The molecule has 1 aromatic heterocycles. The Morgan fingerprint density at radius 3 is 2.12 bits per heavy atom. The number of carbonyl (C=O) groups excluding carboxylic acids is 3. The summed E-state index contributed by atoms with van der Waals surface area (Å²) >= 11 is 0. The first-order valence-corrected chi connectivity index (χ1v) is 13.5. The zero-order chi connectivity index (χ0) is 31.7. The summed E-state index contributed by atoms with van der Waals surface area (Å²) in [6.45, 7) is 1.19. The Hall–Kier alpha value is -4.95. The number of aliphatic hydroxyl groups is 1. The number of hydrogen-bond acceptors (Lipinski definition) is 8. The molecule has 0 bridgehead atoms. The minimum atomic E-state index is -1.67. The van der Waals surface area contributed by atoms with Crippen LogP contribution in [0.15, 0.2) is 54.7 Å². The lowest BCUT2D eigenvalue weighted by molar-refractivity contribution is -0.145. The van der Waals surface area contributed by atoms with Gasteiger partial charge in [-0.25, -0.2) is 4.79 Å². The van der Waals surface area contributed by atoms with Crippen LogP contribution in [0.1, 0.15) is 30.9 Å². The van der Waals surface area contributed by atoms with Gasteiger partial charge in [0.2, 0.25) is 17.7 Å². The lowest BCUT2D eigenvalue weighted by Crippen LogP contribution is -2.59. The molecule has 0 radical (unpaired) electrons. The summed E-state index contributed by atoms with van der Waals surface area (Å²) in [5.41, 5.74) is 8.03. The van der Waals surface area contributed by atoms with Gasteiger partial charge in [0.25, 0.3) is 0 Å². The fourth-order valence-electron chi connectivity index (χ4n) is 4.44. The van der Waals surface area contributed by atoms with Crippen molar-refractivity contribution < 1.29 is 44.4 Å². The summed E-state index contributed by atoms with van der Waals surface area (Å²) in [6, 6.07) is 7.60. The summed E-state index contributed by atoms with van der Waals surface area (Å²) in [5, 5.41) is 45.9. The normalized spacial score (nSPS) is 14.6. The first-order valence-electron chi connectivity index (χ1n) is 13.5. The number of carboxylic acids is 2. The molecule has 0 saturated carbocycles. The first-order chi connectivity index (χ1) is 20.3. The van der Waals surface area contributed by atoms with Crippen molar-refractivity contribution in [2.24, 2.45) is 5.73 Å². The summed E-state index contributed by atoms with van der Waals surface area (Å²) < 4.78 is 0. The van der Waals surface area contributed by atoms with Crippen LogP contribution >= 0.6 is 0 Å². The SMILES string of the molecule is CC(O)C(NC(=O)C(Cc1c[nH]c2ccccc12)NC(=O)C(CCC(=O)O)NC(=O)C(N)Cc1ccc(O)cc1)C(=O)O. The van der Waals surface area contributed by atoms with Crippen LogP contribution in [-0.4, -0.2) is 85.3 Å². The number of aliphatic hydroxyl groups excluding tert-OH is 1. The van der Waals surface area contributed by atoms with Crippen LogP contribution in [0.4, 0.5) is 0 Å². The predicted molar refractivity (Wildman–Crippen MR) is 154 cm³/mol. The minimum absolute atomic E-state index is 0.0292. The van der Waals surface area contributed by atoms with Crippen LogP contribution in [-0.2, 0) is 36.8 Å². The van der Waals surface area contributed by atoms with Crippen molar-refractivity contribution in [3.8, 4) is 5.75 Å². The summed E-state index contributed by atoms with van der Waals surface area (Å²) in [4.78, 5) is 65.6. The van der Waals surface area contributed by atoms with Crippen molar-refractivity contribution >= 4 is 40.6 Å². The minimum Gasteiger partial charge on any atom is -0.508 e. The Morgan fingerprint density at radius 1 is 0.860 bits per heavy atom. The highest BCUT2D eigenvalue weighted by Crippen LogP contribution is 2.19. The van der Waals surface area contributed by atoms with Crippen molar-refractivity contribution in [1.29, 1.82) is 0 Å². The molecule has 43 heavy (non-hydrogen) atoms. The van der Waals surface area contributed by atoms with E-state index < -0.39 is 66.4 Å². The molecule has 0 aliphatic heterocycles. The number of carboxylic acid groups (broad SMARTS) is 2. The monoisotopic (exact) mass is 597 g/mol. The third-order valence-electron chi connectivity index (χ3n) is 6.79. The average Bonchev–Trinajstić information content (AvgIpc) is 3.36. The molecule has 0 aliphatic carbocycles. The van der Waals surface area contributed by atoms with Crippen molar-refractivity contribution in [2.45, 2.75) is 62.9 Å².